The van der Waals surface area contributed by atoms with Gasteiger partial charge < -0.3 is 5.73 Å². The molecule has 1 aromatic rings. The maximum absolute atomic E-state index is 5.71. The molecule has 0 aromatic heterocycles. The molecule has 0 bridgehead atoms. The van der Waals surface area contributed by atoms with Crippen molar-refractivity contribution in [3.63, 3.8) is 0 Å². The van der Waals surface area contributed by atoms with E-state index in [0.29, 0.717) is 0 Å². The Morgan fingerprint density at radius 2 is 2.21 bits per heavy atom. The van der Waals surface area contributed by atoms with E-state index in [4.69, 9.17) is 5.73 Å². The summed E-state index contributed by atoms with van der Waals surface area (Å²) in [7, 11) is 0. The molecular weight excluding hydrogens is 170 g/mol. The normalized spacial score (nSPS) is 11.9. The van der Waals surface area contributed by atoms with E-state index >= 15 is 0 Å². The number of allylic oxidation sites excluding steroid dienone is 5. The highest BCUT2D eigenvalue weighted by Gasteiger charge is 1.96. The zero-order chi connectivity index (χ0) is 10.4. The van der Waals surface area contributed by atoms with Gasteiger partial charge in [0.05, 0.1) is 0 Å². The van der Waals surface area contributed by atoms with Crippen molar-refractivity contribution in [3.8, 4) is 0 Å². The summed E-state index contributed by atoms with van der Waals surface area (Å²) in [5.41, 5.74) is 8.73. The molecule has 0 aliphatic heterocycles. The fourth-order valence-electron chi connectivity index (χ4n) is 1.27. The van der Waals surface area contributed by atoms with E-state index in [1.54, 1.807) is 6.08 Å². The van der Waals surface area contributed by atoms with Gasteiger partial charge in [-0.1, -0.05) is 43.0 Å². The first-order chi connectivity index (χ1) is 6.77. The number of nitrogen functional groups attached to an aromatic ring is 1. The van der Waals surface area contributed by atoms with Crippen molar-refractivity contribution >= 4 is 11.3 Å². The van der Waals surface area contributed by atoms with Crippen LogP contribution in [0.25, 0.3) is 5.57 Å². The lowest BCUT2D eigenvalue weighted by molar-refractivity contribution is 1.60. The molecule has 2 N–H and O–H groups in total. The predicted molar refractivity (Wildman–Crippen MR) is 63.8 cm³/mol. The van der Waals surface area contributed by atoms with Crippen LogP contribution in [0.5, 0.6) is 0 Å². The minimum absolute atomic E-state index is 0.780. The number of rotatable bonds is 3. The SMILES string of the molecule is C=C/C=C(\C=C/C)c1cccc(N)c1. The van der Waals surface area contributed by atoms with Crippen molar-refractivity contribution in [1.82, 2.24) is 0 Å². The van der Waals surface area contributed by atoms with Gasteiger partial charge in [0.25, 0.3) is 0 Å². The van der Waals surface area contributed by atoms with Crippen LogP contribution < -0.4 is 5.73 Å². The largest absolute Gasteiger partial charge is 0.399 e. The van der Waals surface area contributed by atoms with E-state index in [0.717, 1.165) is 16.8 Å². The monoisotopic (exact) mass is 185 g/mol. The Morgan fingerprint density at radius 1 is 1.43 bits per heavy atom. The second-order valence-corrected chi connectivity index (χ2v) is 2.98. The lowest BCUT2D eigenvalue weighted by atomic mass is 10.0. The third kappa shape index (κ3) is 2.63. The fourth-order valence-corrected chi connectivity index (χ4v) is 1.27. The van der Waals surface area contributed by atoms with Crippen LogP contribution in [0.2, 0.25) is 0 Å². The maximum atomic E-state index is 5.71. The average molecular weight is 185 g/mol. The Balaban J connectivity index is 3.11. The quantitative estimate of drug-likeness (QED) is 0.566. The van der Waals surface area contributed by atoms with Crippen LogP contribution in [-0.4, -0.2) is 0 Å². The Kier molecular flexibility index (Phi) is 3.74. The molecule has 0 saturated heterocycles. The molecule has 0 fully saturated rings. The van der Waals surface area contributed by atoms with E-state index in [1.165, 1.54) is 0 Å². The Morgan fingerprint density at radius 3 is 2.79 bits per heavy atom. The topological polar surface area (TPSA) is 26.0 Å². The first kappa shape index (κ1) is 10.3. The van der Waals surface area contributed by atoms with Crippen LogP contribution in [0.15, 0.2) is 55.1 Å². The Bertz CT molecular complexity index is 373. The van der Waals surface area contributed by atoms with Crippen molar-refractivity contribution < 1.29 is 0 Å². The van der Waals surface area contributed by atoms with Crippen LogP contribution in [0.1, 0.15) is 12.5 Å². The van der Waals surface area contributed by atoms with Crippen LogP contribution in [0, 0.1) is 0 Å². The maximum Gasteiger partial charge on any atom is 0.0320 e. The van der Waals surface area contributed by atoms with Gasteiger partial charge in [0.15, 0.2) is 0 Å². The molecule has 1 heteroatoms. The van der Waals surface area contributed by atoms with Crippen LogP contribution in [-0.2, 0) is 0 Å². The molecule has 72 valence electrons. The Hall–Kier alpha value is -1.76. The molecule has 0 radical (unpaired) electrons. The minimum atomic E-state index is 0.780. The molecule has 0 heterocycles. The molecule has 0 unspecified atom stereocenters. The van der Waals surface area contributed by atoms with E-state index < -0.39 is 0 Å². The summed E-state index contributed by atoms with van der Waals surface area (Å²) < 4.78 is 0. The smallest absolute Gasteiger partial charge is 0.0320 e. The van der Waals surface area contributed by atoms with Crippen LogP contribution >= 0.6 is 0 Å². The van der Waals surface area contributed by atoms with Crippen molar-refractivity contribution in [2.75, 3.05) is 5.73 Å². The first-order valence-corrected chi connectivity index (χ1v) is 4.59. The number of nitrogens with two attached hydrogens (primary N) is 1. The zero-order valence-corrected chi connectivity index (χ0v) is 8.40. The van der Waals surface area contributed by atoms with E-state index in [-0.39, 0.29) is 0 Å². The molecule has 0 aliphatic rings. The fraction of sp³-hybridized carbons (Fsp3) is 0.0769. The van der Waals surface area contributed by atoms with Gasteiger partial charge in [0.2, 0.25) is 0 Å². The van der Waals surface area contributed by atoms with Gasteiger partial charge >= 0.3 is 0 Å². The highest BCUT2D eigenvalue weighted by atomic mass is 14.5. The van der Waals surface area contributed by atoms with Crippen molar-refractivity contribution in [2.45, 2.75) is 6.92 Å². The van der Waals surface area contributed by atoms with Gasteiger partial charge in [-0.2, -0.15) is 0 Å². The number of hydrogen-bond donors (Lipinski definition) is 1. The molecule has 0 aliphatic carbocycles. The van der Waals surface area contributed by atoms with Crippen LogP contribution in [0.4, 0.5) is 5.69 Å². The summed E-state index contributed by atoms with van der Waals surface area (Å²) >= 11 is 0. The molecule has 0 amide bonds. The summed E-state index contributed by atoms with van der Waals surface area (Å²) in [5, 5.41) is 0. The second-order valence-electron chi connectivity index (χ2n) is 2.98. The molecule has 1 aromatic carbocycles. The molecule has 14 heavy (non-hydrogen) atoms. The van der Waals surface area contributed by atoms with Crippen molar-refractivity contribution in [1.29, 1.82) is 0 Å². The zero-order valence-electron chi connectivity index (χ0n) is 8.40. The van der Waals surface area contributed by atoms with Crippen molar-refractivity contribution in [2.24, 2.45) is 0 Å². The molecule has 0 saturated carbocycles. The predicted octanol–water partition coefficient (Wildman–Crippen LogP) is 3.41. The van der Waals surface area contributed by atoms with Gasteiger partial charge in [-0.05, 0) is 30.2 Å². The molecule has 0 spiro atoms. The van der Waals surface area contributed by atoms with E-state index in [2.05, 4.69) is 6.58 Å². The Labute approximate surface area is 85.3 Å². The molecule has 1 rings (SSSR count). The van der Waals surface area contributed by atoms with Gasteiger partial charge in [-0.15, -0.1) is 0 Å². The summed E-state index contributed by atoms with van der Waals surface area (Å²) in [6, 6.07) is 7.82. The second kappa shape index (κ2) is 5.07. The van der Waals surface area contributed by atoms with Gasteiger partial charge in [0, 0.05) is 5.69 Å². The number of anilines is 1. The average Bonchev–Trinajstić information content (AvgIpc) is 2.17. The summed E-state index contributed by atoms with van der Waals surface area (Å²) in [6.45, 7) is 5.68. The third-order valence-electron chi connectivity index (χ3n) is 1.86. The number of benzene rings is 1. The third-order valence-corrected chi connectivity index (χ3v) is 1.86. The highest BCUT2D eigenvalue weighted by Crippen LogP contribution is 2.18. The lowest BCUT2D eigenvalue weighted by Crippen LogP contribution is -1.86. The van der Waals surface area contributed by atoms with E-state index in [9.17, 15) is 0 Å². The molecular formula is C13H15N. The highest BCUT2D eigenvalue weighted by molar-refractivity contribution is 5.76. The van der Waals surface area contributed by atoms with E-state index in [1.807, 2.05) is 49.4 Å². The summed E-state index contributed by atoms with van der Waals surface area (Å²) in [5.74, 6) is 0. The number of hydrogen-bond acceptors (Lipinski definition) is 1. The standard InChI is InChI=1S/C13H15N/c1-3-6-11(7-4-2)12-8-5-9-13(14)10-12/h3-10H,1,14H2,2H3/b7-4-,11-6+. The first-order valence-electron chi connectivity index (χ1n) is 4.59. The van der Waals surface area contributed by atoms with Gasteiger partial charge in [-0.25, -0.2) is 0 Å². The summed E-state index contributed by atoms with van der Waals surface area (Å²) in [4.78, 5) is 0. The summed E-state index contributed by atoms with van der Waals surface area (Å²) in [6.07, 6.45) is 7.78. The minimum Gasteiger partial charge on any atom is -0.399 e. The van der Waals surface area contributed by atoms with Crippen LogP contribution in [0.3, 0.4) is 0 Å². The van der Waals surface area contributed by atoms with Gasteiger partial charge in [-0.3, -0.25) is 0 Å². The van der Waals surface area contributed by atoms with Crippen molar-refractivity contribution in [3.05, 3.63) is 60.7 Å². The van der Waals surface area contributed by atoms with Gasteiger partial charge in [0.1, 0.15) is 0 Å². The molecule has 0 atom stereocenters. The molecule has 1 nitrogen and oxygen atoms in total. The lowest BCUT2D eigenvalue weighted by Gasteiger charge is -2.02.